The molecule has 0 atom stereocenters. The van der Waals surface area contributed by atoms with Gasteiger partial charge in [0.25, 0.3) is 0 Å². The van der Waals surface area contributed by atoms with E-state index in [1.54, 1.807) is 12.0 Å². The number of hydrogen-bond donors (Lipinski definition) is 1. The fourth-order valence-corrected chi connectivity index (χ4v) is 1.61. The van der Waals surface area contributed by atoms with Crippen LogP contribution in [0.5, 0.6) is 5.75 Å². The van der Waals surface area contributed by atoms with Crippen molar-refractivity contribution in [2.24, 2.45) is 0 Å². The van der Waals surface area contributed by atoms with E-state index in [0.29, 0.717) is 19.5 Å². The van der Waals surface area contributed by atoms with E-state index in [4.69, 9.17) is 9.84 Å². The number of methoxy groups -OCH3 is 1. The van der Waals surface area contributed by atoms with Crippen molar-refractivity contribution in [3.63, 3.8) is 0 Å². The summed E-state index contributed by atoms with van der Waals surface area (Å²) in [5.74, 6) is 0.815. The predicted octanol–water partition coefficient (Wildman–Crippen LogP) is 1.08. The van der Waals surface area contributed by atoms with Crippen LogP contribution in [0.25, 0.3) is 0 Å². The van der Waals surface area contributed by atoms with Gasteiger partial charge in [-0.15, -0.1) is 0 Å². The van der Waals surface area contributed by atoms with E-state index in [0.717, 1.165) is 11.3 Å². The SMILES string of the molecule is CCN(CCO)C(=O)Cc1ccc(OC)cc1. The molecule has 0 aliphatic rings. The number of nitrogens with zero attached hydrogens (tertiary/aromatic N) is 1. The van der Waals surface area contributed by atoms with Gasteiger partial charge < -0.3 is 14.7 Å². The third-order valence-electron chi connectivity index (χ3n) is 2.62. The number of ether oxygens (including phenoxy) is 1. The van der Waals surface area contributed by atoms with Gasteiger partial charge in [0.15, 0.2) is 0 Å². The minimum absolute atomic E-state index is 0.00218. The predicted molar refractivity (Wildman–Crippen MR) is 66.0 cm³/mol. The number of carbonyl (C=O) groups excluding carboxylic acids is 1. The van der Waals surface area contributed by atoms with Crippen LogP contribution in [0.15, 0.2) is 24.3 Å². The second-order valence-electron chi connectivity index (χ2n) is 3.72. The molecule has 1 N–H and O–H groups in total. The lowest BCUT2D eigenvalue weighted by Gasteiger charge is -2.19. The molecule has 1 rings (SSSR count). The highest BCUT2D eigenvalue weighted by Gasteiger charge is 2.11. The molecule has 0 saturated heterocycles. The fourth-order valence-electron chi connectivity index (χ4n) is 1.61. The van der Waals surface area contributed by atoms with Gasteiger partial charge in [-0.3, -0.25) is 4.79 Å². The number of rotatable bonds is 6. The number of aliphatic hydroxyl groups excluding tert-OH is 1. The molecule has 4 heteroatoms. The average molecular weight is 237 g/mol. The van der Waals surface area contributed by atoms with Crippen molar-refractivity contribution in [3.05, 3.63) is 29.8 Å². The maximum atomic E-state index is 11.9. The molecule has 0 spiro atoms. The van der Waals surface area contributed by atoms with E-state index in [1.807, 2.05) is 31.2 Å². The molecule has 0 unspecified atom stereocenters. The minimum Gasteiger partial charge on any atom is -0.497 e. The van der Waals surface area contributed by atoms with Crippen LogP contribution in [0.3, 0.4) is 0 Å². The van der Waals surface area contributed by atoms with Gasteiger partial charge >= 0.3 is 0 Å². The fraction of sp³-hybridized carbons (Fsp3) is 0.462. The Morgan fingerprint density at radius 1 is 1.35 bits per heavy atom. The molecule has 0 radical (unpaired) electrons. The van der Waals surface area contributed by atoms with Crippen molar-refractivity contribution < 1.29 is 14.6 Å². The maximum Gasteiger partial charge on any atom is 0.227 e. The Kier molecular flexibility index (Phi) is 5.49. The summed E-state index contributed by atoms with van der Waals surface area (Å²) >= 11 is 0. The van der Waals surface area contributed by atoms with Crippen molar-refractivity contribution in [2.45, 2.75) is 13.3 Å². The molecule has 1 aromatic rings. The monoisotopic (exact) mass is 237 g/mol. The zero-order chi connectivity index (χ0) is 12.7. The van der Waals surface area contributed by atoms with Crippen molar-refractivity contribution in [3.8, 4) is 5.75 Å². The number of carbonyl (C=O) groups is 1. The molecule has 1 amide bonds. The first-order valence-corrected chi connectivity index (χ1v) is 5.72. The highest BCUT2D eigenvalue weighted by atomic mass is 16.5. The van der Waals surface area contributed by atoms with Gasteiger partial charge in [0, 0.05) is 13.1 Å². The molecule has 0 fully saturated rings. The van der Waals surface area contributed by atoms with Gasteiger partial charge in [-0.2, -0.15) is 0 Å². The van der Waals surface area contributed by atoms with Crippen LogP contribution < -0.4 is 4.74 Å². The first-order chi connectivity index (χ1) is 8.21. The molecule has 0 aliphatic carbocycles. The molecular formula is C13H19NO3. The molecule has 0 bridgehead atoms. The lowest BCUT2D eigenvalue weighted by molar-refractivity contribution is -0.130. The second kappa shape index (κ2) is 6.91. The van der Waals surface area contributed by atoms with Crippen LogP contribution in [0.4, 0.5) is 0 Å². The Bertz CT molecular complexity index is 348. The van der Waals surface area contributed by atoms with Crippen molar-refractivity contribution >= 4 is 5.91 Å². The van der Waals surface area contributed by atoms with Crippen LogP contribution in [-0.4, -0.2) is 42.7 Å². The molecule has 0 aromatic heterocycles. The Labute approximate surface area is 102 Å². The first kappa shape index (κ1) is 13.5. The maximum absolute atomic E-state index is 11.9. The lowest BCUT2D eigenvalue weighted by atomic mass is 10.1. The smallest absolute Gasteiger partial charge is 0.227 e. The van der Waals surface area contributed by atoms with Crippen LogP contribution in [0.2, 0.25) is 0 Å². The van der Waals surface area contributed by atoms with Crippen molar-refractivity contribution in [2.75, 3.05) is 26.8 Å². The number of likely N-dealkylation sites (N-methyl/N-ethyl adjacent to an activating group) is 1. The van der Waals surface area contributed by atoms with Gasteiger partial charge in [-0.25, -0.2) is 0 Å². The van der Waals surface area contributed by atoms with Gasteiger partial charge in [0.2, 0.25) is 5.91 Å². The molecule has 0 heterocycles. The molecule has 0 saturated carbocycles. The molecule has 1 aromatic carbocycles. The summed E-state index contributed by atoms with van der Waals surface area (Å²) in [6.07, 6.45) is 0.359. The molecule has 94 valence electrons. The Hall–Kier alpha value is -1.55. The van der Waals surface area contributed by atoms with E-state index in [2.05, 4.69) is 0 Å². The molecular weight excluding hydrogens is 218 g/mol. The van der Waals surface area contributed by atoms with E-state index in [1.165, 1.54) is 0 Å². The van der Waals surface area contributed by atoms with E-state index in [9.17, 15) is 4.79 Å². The summed E-state index contributed by atoms with van der Waals surface area (Å²) < 4.78 is 5.05. The topological polar surface area (TPSA) is 49.8 Å². The zero-order valence-electron chi connectivity index (χ0n) is 10.3. The number of amides is 1. The Morgan fingerprint density at radius 3 is 2.47 bits per heavy atom. The zero-order valence-corrected chi connectivity index (χ0v) is 10.3. The quantitative estimate of drug-likeness (QED) is 0.805. The van der Waals surface area contributed by atoms with Crippen molar-refractivity contribution in [1.29, 1.82) is 0 Å². The van der Waals surface area contributed by atoms with Gasteiger partial charge in [-0.05, 0) is 24.6 Å². The van der Waals surface area contributed by atoms with Crippen LogP contribution >= 0.6 is 0 Å². The molecule has 0 aliphatic heterocycles. The summed E-state index contributed by atoms with van der Waals surface area (Å²) in [6.45, 7) is 2.92. The third kappa shape index (κ3) is 4.07. The van der Waals surface area contributed by atoms with Crippen LogP contribution in [-0.2, 0) is 11.2 Å². The summed E-state index contributed by atoms with van der Waals surface area (Å²) in [5.41, 5.74) is 0.951. The van der Waals surface area contributed by atoms with E-state index >= 15 is 0 Å². The summed E-state index contributed by atoms with van der Waals surface area (Å²) in [5, 5.41) is 8.84. The normalized spacial score (nSPS) is 10.1. The summed E-state index contributed by atoms with van der Waals surface area (Å²) in [6, 6.07) is 7.43. The standard InChI is InChI=1S/C13H19NO3/c1-3-14(8-9-15)13(16)10-11-4-6-12(17-2)7-5-11/h4-7,15H,3,8-10H2,1-2H3. The van der Waals surface area contributed by atoms with Crippen LogP contribution in [0.1, 0.15) is 12.5 Å². The van der Waals surface area contributed by atoms with Gasteiger partial charge in [0.1, 0.15) is 5.75 Å². The largest absolute Gasteiger partial charge is 0.497 e. The highest BCUT2D eigenvalue weighted by Crippen LogP contribution is 2.12. The average Bonchev–Trinajstić information content (AvgIpc) is 2.36. The second-order valence-corrected chi connectivity index (χ2v) is 3.72. The van der Waals surface area contributed by atoms with E-state index in [-0.39, 0.29) is 12.5 Å². The third-order valence-corrected chi connectivity index (χ3v) is 2.62. The minimum atomic E-state index is 0.00218. The summed E-state index contributed by atoms with van der Waals surface area (Å²) in [4.78, 5) is 13.5. The molecule has 17 heavy (non-hydrogen) atoms. The van der Waals surface area contributed by atoms with Gasteiger partial charge in [-0.1, -0.05) is 12.1 Å². The van der Waals surface area contributed by atoms with Gasteiger partial charge in [0.05, 0.1) is 20.1 Å². The summed E-state index contributed by atoms with van der Waals surface area (Å²) in [7, 11) is 1.61. The number of hydrogen-bond acceptors (Lipinski definition) is 3. The van der Waals surface area contributed by atoms with E-state index < -0.39 is 0 Å². The lowest BCUT2D eigenvalue weighted by Crippen LogP contribution is -2.34. The highest BCUT2D eigenvalue weighted by molar-refractivity contribution is 5.78. The number of aliphatic hydroxyl groups is 1. The Morgan fingerprint density at radius 2 is 2.00 bits per heavy atom. The first-order valence-electron chi connectivity index (χ1n) is 5.72. The van der Waals surface area contributed by atoms with Crippen LogP contribution in [0, 0.1) is 0 Å². The molecule has 4 nitrogen and oxygen atoms in total. The van der Waals surface area contributed by atoms with Crippen molar-refractivity contribution in [1.82, 2.24) is 4.90 Å². The number of benzene rings is 1. The Balaban J connectivity index is 2.59.